The van der Waals surface area contributed by atoms with Crippen molar-refractivity contribution in [2.45, 2.75) is 44.8 Å². The Labute approximate surface area is 96.6 Å². The molecule has 0 saturated carbocycles. The molecule has 0 aliphatic carbocycles. The number of rotatable bonds is 1. The van der Waals surface area contributed by atoms with Crippen molar-refractivity contribution < 1.29 is 14.6 Å². The van der Waals surface area contributed by atoms with Gasteiger partial charge >= 0.3 is 6.09 Å². The third kappa shape index (κ3) is 3.42. The highest BCUT2D eigenvalue weighted by atomic mass is 16.6. The number of terminal acetylenes is 1. The zero-order chi connectivity index (χ0) is 12.4. The zero-order valence-corrected chi connectivity index (χ0v) is 10.1. The van der Waals surface area contributed by atoms with Crippen LogP contribution in [0.2, 0.25) is 0 Å². The largest absolute Gasteiger partial charge is 0.444 e. The van der Waals surface area contributed by atoms with E-state index in [1.54, 1.807) is 0 Å². The van der Waals surface area contributed by atoms with Crippen LogP contribution >= 0.6 is 0 Å². The number of nitrogens with zero attached hydrogens (tertiary/aromatic N) is 1. The molecule has 1 unspecified atom stereocenters. The van der Waals surface area contributed by atoms with Crippen LogP contribution in [0.15, 0.2) is 0 Å². The maximum Gasteiger partial charge on any atom is 0.410 e. The topological polar surface area (TPSA) is 49.8 Å². The van der Waals surface area contributed by atoms with Gasteiger partial charge in [0, 0.05) is 13.0 Å². The maximum atomic E-state index is 11.7. The highest BCUT2D eigenvalue weighted by Gasteiger charge is 2.38. The molecule has 1 rings (SSSR count). The number of likely N-dealkylation sites (tertiary alicyclic amines) is 1. The van der Waals surface area contributed by atoms with Crippen molar-refractivity contribution in [2.24, 2.45) is 0 Å². The van der Waals surface area contributed by atoms with Crippen molar-refractivity contribution in [1.82, 2.24) is 4.90 Å². The van der Waals surface area contributed by atoms with Gasteiger partial charge in [-0.05, 0) is 27.2 Å². The Morgan fingerprint density at radius 2 is 2.25 bits per heavy atom. The van der Waals surface area contributed by atoms with E-state index >= 15 is 0 Å². The first-order valence-corrected chi connectivity index (χ1v) is 5.39. The van der Waals surface area contributed by atoms with Gasteiger partial charge in [0.1, 0.15) is 5.60 Å². The summed E-state index contributed by atoms with van der Waals surface area (Å²) in [5.41, 5.74) is -1.45. The summed E-state index contributed by atoms with van der Waals surface area (Å²) in [6.07, 6.45) is 5.56. The van der Waals surface area contributed by atoms with E-state index in [0.717, 1.165) is 0 Å². The molecule has 1 N–H and O–H groups in total. The van der Waals surface area contributed by atoms with Crippen LogP contribution < -0.4 is 0 Å². The lowest BCUT2D eigenvalue weighted by Crippen LogP contribution is -2.39. The van der Waals surface area contributed by atoms with E-state index in [9.17, 15) is 9.90 Å². The summed E-state index contributed by atoms with van der Waals surface area (Å²) in [7, 11) is 0. The van der Waals surface area contributed by atoms with Crippen molar-refractivity contribution >= 4 is 6.09 Å². The monoisotopic (exact) mass is 225 g/mol. The van der Waals surface area contributed by atoms with Gasteiger partial charge in [0.25, 0.3) is 0 Å². The Bertz CT molecular complexity index is 313. The molecule has 0 aromatic carbocycles. The summed E-state index contributed by atoms with van der Waals surface area (Å²) in [5, 5.41) is 10.0. The summed E-state index contributed by atoms with van der Waals surface area (Å²) < 4.78 is 5.22. The number of carbonyl (C=O) groups is 1. The van der Waals surface area contributed by atoms with Gasteiger partial charge in [-0.2, -0.15) is 0 Å². The number of hydrogen-bond acceptors (Lipinski definition) is 3. The Morgan fingerprint density at radius 3 is 2.75 bits per heavy atom. The minimum atomic E-state index is -0.939. The van der Waals surface area contributed by atoms with Crippen molar-refractivity contribution in [2.75, 3.05) is 13.1 Å². The zero-order valence-electron chi connectivity index (χ0n) is 10.1. The molecule has 0 spiro atoms. The molecule has 1 heterocycles. The third-order valence-corrected chi connectivity index (χ3v) is 2.42. The predicted molar refractivity (Wildman–Crippen MR) is 60.8 cm³/mol. The fourth-order valence-electron chi connectivity index (χ4n) is 1.67. The van der Waals surface area contributed by atoms with E-state index in [1.165, 1.54) is 4.90 Å². The standard InChI is InChI=1S/C12H19NO3/c1-5-6-12(15)7-8-13(9-12)10(14)16-11(2,3)4/h1,15H,6-9H2,2-4H3. The Balaban J connectivity index is 2.54. The van der Waals surface area contributed by atoms with Gasteiger partial charge in [-0.15, -0.1) is 12.3 Å². The molecule has 1 saturated heterocycles. The van der Waals surface area contributed by atoms with Gasteiger partial charge in [0.2, 0.25) is 0 Å². The number of carbonyl (C=O) groups excluding carboxylic acids is 1. The molecule has 90 valence electrons. The highest BCUT2D eigenvalue weighted by Crippen LogP contribution is 2.25. The number of hydrogen-bond donors (Lipinski definition) is 1. The van der Waals surface area contributed by atoms with Crippen LogP contribution in [0, 0.1) is 12.3 Å². The van der Waals surface area contributed by atoms with Crippen LogP contribution in [-0.2, 0) is 4.74 Å². The third-order valence-electron chi connectivity index (χ3n) is 2.42. The van der Waals surface area contributed by atoms with Gasteiger partial charge in [0.05, 0.1) is 12.1 Å². The molecular formula is C12H19NO3. The average Bonchev–Trinajstić information content (AvgIpc) is 2.45. The Morgan fingerprint density at radius 1 is 1.62 bits per heavy atom. The second-order valence-electron chi connectivity index (χ2n) is 5.26. The molecule has 4 heteroatoms. The molecule has 0 aromatic rings. The molecule has 1 amide bonds. The number of ether oxygens (including phenoxy) is 1. The fraction of sp³-hybridized carbons (Fsp3) is 0.750. The molecule has 4 nitrogen and oxygen atoms in total. The van der Waals surface area contributed by atoms with Gasteiger partial charge in [-0.25, -0.2) is 4.79 Å². The summed E-state index contributed by atoms with van der Waals surface area (Å²) in [6, 6.07) is 0. The second-order valence-corrected chi connectivity index (χ2v) is 5.26. The smallest absolute Gasteiger partial charge is 0.410 e. The number of aliphatic hydroxyl groups is 1. The average molecular weight is 225 g/mol. The van der Waals surface area contributed by atoms with Crippen LogP contribution in [0.25, 0.3) is 0 Å². The van der Waals surface area contributed by atoms with E-state index in [-0.39, 0.29) is 19.1 Å². The molecule has 0 bridgehead atoms. The number of β-amino-alcohol motifs (C(OH)–C–C–N with tert-alkyl or cyclic N) is 1. The van der Waals surface area contributed by atoms with Crippen molar-refractivity contribution in [3.05, 3.63) is 0 Å². The van der Waals surface area contributed by atoms with Crippen molar-refractivity contribution in [3.63, 3.8) is 0 Å². The molecular weight excluding hydrogens is 206 g/mol. The summed E-state index contributed by atoms with van der Waals surface area (Å²) >= 11 is 0. The fourth-order valence-corrected chi connectivity index (χ4v) is 1.67. The first-order valence-electron chi connectivity index (χ1n) is 5.39. The summed E-state index contributed by atoms with van der Waals surface area (Å²) in [6.45, 7) is 6.19. The van der Waals surface area contributed by atoms with Crippen LogP contribution in [0.4, 0.5) is 4.79 Å². The molecule has 1 fully saturated rings. The minimum absolute atomic E-state index is 0.256. The molecule has 16 heavy (non-hydrogen) atoms. The van der Waals surface area contributed by atoms with Gasteiger partial charge in [0.15, 0.2) is 0 Å². The summed E-state index contributed by atoms with van der Waals surface area (Å²) in [4.78, 5) is 13.2. The van der Waals surface area contributed by atoms with Crippen LogP contribution in [0.1, 0.15) is 33.6 Å². The maximum absolute atomic E-state index is 11.7. The first kappa shape index (κ1) is 12.9. The lowest BCUT2D eigenvalue weighted by atomic mass is 10.00. The molecule has 0 aromatic heterocycles. The van der Waals surface area contributed by atoms with Gasteiger partial charge in [-0.3, -0.25) is 0 Å². The highest BCUT2D eigenvalue weighted by molar-refractivity contribution is 5.68. The van der Waals surface area contributed by atoms with Gasteiger partial charge < -0.3 is 14.7 Å². The van der Waals surface area contributed by atoms with E-state index in [4.69, 9.17) is 11.2 Å². The lowest BCUT2D eigenvalue weighted by Gasteiger charge is -2.25. The molecule has 1 aliphatic heterocycles. The van der Waals surface area contributed by atoms with Crippen molar-refractivity contribution in [1.29, 1.82) is 0 Å². The normalized spacial score (nSPS) is 25.3. The van der Waals surface area contributed by atoms with Crippen LogP contribution in [0.5, 0.6) is 0 Å². The van der Waals surface area contributed by atoms with Crippen LogP contribution in [0.3, 0.4) is 0 Å². The van der Waals surface area contributed by atoms with E-state index in [2.05, 4.69) is 5.92 Å². The van der Waals surface area contributed by atoms with Gasteiger partial charge in [-0.1, -0.05) is 0 Å². The van der Waals surface area contributed by atoms with E-state index in [0.29, 0.717) is 13.0 Å². The molecule has 0 radical (unpaired) electrons. The second kappa shape index (κ2) is 4.34. The van der Waals surface area contributed by atoms with Crippen LogP contribution in [-0.4, -0.2) is 40.4 Å². The Hall–Kier alpha value is -1.21. The predicted octanol–water partition coefficient (Wildman–Crippen LogP) is 1.38. The van der Waals surface area contributed by atoms with E-state index in [1.807, 2.05) is 20.8 Å². The molecule has 1 aliphatic rings. The minimum Gasteiger partial charge on any atom is -0.444 e. The molecule has 1 atom stereocenters. The number of amides is 1. The van der Waals surface area contributed by atoms with E-state index < -0.39 is 11.2 Å². The SMILES string of the molecule is C#CCC1(O)CCN(C(=O)OC(C)(C)C)C1. The summed E-state index contributed by atoms with van der Waals surface area (Å²) in [5.74, 6) is 2.43. The first-order chi connectivity index (χ1) is 7.26. The Kier molecular flexibility index (Phi) is 3.49. The lowest BCUT2D eigenvalue weighted by molar-refractivity contribution is 0.0165. The van der Waals surface area contributed by atoms with Crippen molar-refractivity contribution in [3.8, 4) is 12.3 Å². The quantitative estimate of drug-likeness (QED) is 0.686.